The number of piperazine rings is 1. The Bertz CT molecular complexity index is 1310. The zero-order chi connectivity index (χ0) is 22.8. The van der Waals surface area contributed by atoms with Crippen molar-refractivity contribution in [2.45, 2.75) is 0 Å². The highest BCUT2D eigenvalue weighted by atomic mass is 16.5. The molecule has 0 unspecified atom stereocenters. The van der Waals surface area contributed by atoms with Crippen LogP contribution in [0.5, 0.6) is 11.5 Å². The summed E-state index contributed by atoms with van der Waals surface area (Å²) in [6, 6.07) is 13.1. The van der Waals surface area contributed by atoms with E-state index in [9.17, 15) is 5.26 Å². The molecule has 1 aromatic carbocycles. The predicted molar refractivity (Wildman–Crippen MR) is 124 cm³/mol. The molecule has 166 valence electrons. The highest BCUT2D eigenvalue weighted by molar-refractivity contribution is 5.73. The monoisotopic (exact) mass is 442 g/mol. The average Bonchev–Trinajstić information content (AvgIpc) is 3.19. The number of nitrogen functional groups attached to an aromatic ring is 1. The molecule has 11 heteroatoms. The first-order valence-electron chi connectivity index (χ1n) is 10.5. The fourth-order valence-electron chi connectivity index (χ4n) is 3.57. The fourth-order valence-corrected chi connectivity index (χ4v) is 3.57. The van der Waals surface area contributed by atoms with Crippen LogP contribution in [0.3, 0.4) is 0 Å². The number of aromatic nitrogens is 5. The molecule has 0 saturated carbocycles. The van der Waals surface area contributed by atoms with Gasteiger partial charge in [-0.05, 0) is 43.4 Å². The van der Waals surface area contributed by atoms with Gasteiger partial charge in [-0.15, -0.1) is 5.10 Å². The van der Waals surface area contributed by atoms with Gasteiger partial charge in [-0.25, -0.2) is 0 Å². The number of rotatable bonds is 5. The van der Waals surface area contributed by atoms with Gasteiger partial charge in [-0.1, -0.05) is 0 Å². The lowest BCUT2D eigenvalue weighted by molar-refractivity contribution is 0.311. The molecule has 1 aliphatic heterocycles. The molecular weight excluding hydrogens is 420 g/mol. The molecule has 4 aromatic rings. The smallest absolute Gasteiger partial charge is 0.230 e. The number of anilines is 4. The largest absolute Gasteiger partial charge is 0.457 e. The van der Waals surface area contributed by atoms with E-state index in [-0.39, 0.29) is 5.95 Å². The molecule has 0 spiro atoms. The number of likely N-dealkylation sites (N-methyl/N-ethyl adjacent to an activating group) is 1. The molecule has 0 atom stereocenters. The van der Waals surface area contributed by atoms with Crippen LogP contribution in [0.15, 0.2) is 48.8 Å². The summed E-state index contributed by atoms with van der Waals surface area (Å²) in [5.41, 5.74) is 7.58. The molecule has 3 aromatic heterocycles. The molecule has 1 aliphatic rings. The van der Waals surface area contributed by atoms with Crippen LogP contribution >= 0.6 is 0 Å². The number of ether oxygens (including phenoxy) is 1. The van der Waals surface area contributed by atoms with Gasteiger partial charge in [0.25, 0.3) is 0 Å². The van der Waals surface area contributed by atoms with E-state index in [1.54, 1.807) is 24.5 Å². The Morgan fingerprint density at radius 2 is 1.70 bits per heavy atom. The molecular formula is C22H22N10O. The van der Waals surface area contributed by atoms with Gasteiger partial charge >= 0.3 is 0 Å². The molecule has 3 N–H and O–H groups in total. The molecule has 0 bridgehead atoms. The Morgan fingerprint density at radius 1 is 1.00 bits per heavy atom. The number of nitrogens with one attached hydrogen (secondary N) is 1. The van der Waals surface area contributed by atoms with Gasteiger partial charge in [0.1, 0.15) is 23.1 Å². The number of fused-ring (bicyclic) bond motifs is 1. The number of nitrogens with zero attached hydrogens (tertiary/aromatic N) is 8. The Balaban J connectivity index is 1.40. The third kappa shape index (κ3) is 4.19. The minimum Gasteiger partial charge on any atom is -0.457 e. The summed E-state index contributed by atoms with van der Waals surface area (Å²) in [6.07, 6.45) is 3.34. The Labute approximate surface area is 190 Å². The van der Waals surface area contributed by atoms with Crippen LogP contribution in [0.4, 0.5) is 23.4 Å². The van der Waals surface area contributed by atoms with Gasteiger partial charge in [-0.3, -0.25) is 4.98 Å². The van der Waals surface area contributed by atoms with Crippen molar-refractivity contribution in [3.8, 4) is 17.6 Å². The van der Waals surface area contributed by atoms with Crippen molar-refractivity contribution >= 4 is 29.0 Å². The van der Waals surface area contributed by atoms with Crippen molar-refractivity contribution in [1.29, 1.82) is 5.26 Å². The highest BCUT2D eigenvalue weighted by Crippen LogP contribution is 2.27. The molecule has 5 rings (SSSR count). The summed E-state index contributed by atoms with van der Waals surface area (Å²) < 4.78 is 7.18. The van der Waals surface area contributed by atoms with Crippen LogP contribution in [-0.2, 0) is 0 Å². The Hall–Kier alpha value is -4.43. The lowest BCUT2D eigenvalue weighted by Gasteiger charge is -2.32. The topological polar surface area (TPSA) is 134 Å². The van der Waals surface area contributed by atoms with Crippen molar-refractivity contribution in [2.24, 2.45) is 0 Å². The molecule has 0 aliphatic carbocycles. The van der Waals surface area contributed by atoms with Crippen LogP contribution < -0.4 is 20.7 Å². The first kappa shape index (κ1) is 20.5. The van der Waals surface area contributed by atoms with E-state index in [1.807, 2.05) is 24.3 Å². The van der Waals surface area contributed by atoms with Gasteiger partial charge in [0.05, 0.1) is 0 Å². The van der Waals surface area contributed by atoms with Crippen molar-refractivity contribution in [1.82, 2.24) is 29.5 Å². The third-order valence-corrected chi connectivity index (χ3v) is 5.40. The molecule has 1 fully saturated rings. The standard InChI is InChI=1S/C22H22N10O/c1-30-10-12-31(13-11-30)22-27-20-18(14-23)19(29-32(20)21(24)28-22)26-15-2-4-16(5-3-15)33-17-6-8-25-9-7-17/h2-9H,10-13H2,1H3,(H,26,29)(H2,24,27,28). The SMILES string of the molecule is CN1CCN(c2nc(N)n3nc(Nc4ccc(Oc5ccncc5)cc4)c(C#N)c3n2)CC1. The number of hydrogen-bond donors (Lipinski definition) is 2. The van der Waals surface area contributed by atoms with Crippen molar-refractivity contribution in [2.75, 3.05) is 49.2 Å². The van der Waals surface area contributed by atoms with Gasteiger partial charge in [0, 0.05) is 44.3 Å². The summed E-state index contributed by atoms with van der Waals surface area (Å²) in [4.78, 5) is 17.3. The number of hydrogen-bond acceptors (Lipinski definition) is 10. The highest BCUT2D eigenvalue weighted by Gasteiger charge is 2.22. The summed E-state index contributed by atoms with van der Waals surface area (Å²) >= 11 is 0. The number of nitriles is 1. The van der Waals surface area contributed by atoms with E-state index in [2.05, 4.69) is 48.3 Å². The second-order valence-electron chi connectivity index (χ2n) is 7.68. The van der Waals surface area contributed by atoms with Crippen molar-refractivity contribution in [3.63, 3.8) is 0 Å². The molecule has 1 saturated heterocycles. The Morgan fingerprint density at radius 3 is 2.39 bits per heavy atom. The molecule has 0 amide bonds. The second kappa shape index (κ2) is 8.60. The maximum Gasteiger partial charge on any atom is 0.230 e. The molecule has 0 radical (unpaired) electrons. The first-order chi connectivity index (χ1) is 16.1. The first-order valence-corrected chi connectivity index (χ1v) is 10.5. The fraction of sp³-hybridized carbons (Fsp3) is 0.227. The van der Waals surface area contributed by atoms with Crippen LogP contribution in [0.2, 0.25) is 0 Å². The van der Waals surface area contributed by atoms with E-state index >= 15 is 0 Å². The van der Waals surface area contributed by atoms with Gasteiger partial charge < -0.3 is 25.6 Å². The lowest BCUT2D eigenvalue weighted by Crippen LogP contribution is -2.45. The van der Waals surface area contributed by atoms with E-state index in [0.717, 1.165) is 31.9 Å². The van der Waals surface area contributed by atoms with Gasteiger partial charge in [0.15, 0.2) is 11.5 Å². The van der Waals surface area contributed by atoms with E-state index in [4.69, 9.17) is 10.5 Å². The van der Waals surface area contributed by atoms with Gasteiger partial charge in [0.2, 0.25) is 11.9 Å². The minimum atomic E-state index is 0.180. The normalized spacial score (nSPS) is 14.2. The van der Waals surface area contributed by atoms with Gasteiger partial charge in [-0.2, -0.15) is 19.7 Å². The van der Waals surface area contributed by atoms with E-state index in [1.165, 1.54) is 4.52 Å². The molecule has 4 heterocycles. The number of nitrogens with two attached hydrogens (primary N) is 1. The second-order valence-corrected chi connectivity index (χ2v) is 7.68. The summed E-state index contributed by atoms with van der Waals surface area (Å²) in [6.45, 7) is 3.40. The minimum absolute atomic E-state index is 0.180. The zero-order valence-corrected chi connectivity index (χ0v) is 18.0. The zero-order valence-electron chi connectivity index (χ0n) is 18.0. The van der Waals surface area contributed by atoms with E-state index in [0.29, 0.717) is 34.5 Å². The van der Waals surface area contributed by atoms with E-state index < -0.39 is 0 Å². The van der Waals surface area contributed by atoms with Crippen LogP contribution in [0.1, 0.15) is 5.56 Å². The van der Waals surface area contributed by atoms with Crippen molar-refractivity contribution in [3.05, 3.63) is 54.4 Å². The van der Waals surface area contributed by atoms with Crippen LogP contribution in [-0.4, -0.2) is 62.7 Å². The summed E-state index contributed by atoms with van der Waals surface area (Å²) in [5, 5.41) is 17.4. The number of pyridine rings is 1. The molecule has 11 nitrogen and oxygen atoms in total. The average molecular weight is 442 g/mol. The number of benzene rings is 1. The summed E-state index contributed by atoms with van der Waals surface area (Å²) in [5.74, 6) is 2.42. The lowest BCUT2D eigenvalue weighted by atomic mass is 10.2. The van der Waals surface area contributed by atoms with Crippen LogP contribution in [0, 0.1) is 11.3 Å². The maximum atomic E-state index is 9.83. The van der Waals surface area contributed by atoms with Crippen LogP contribution in [0.25, 0.3) is 5.65 Å². The third-order valence-electron chi connectivity index (χ3n) is 5.40. The Kier molecular flexibility index (Phi) is 5.34. The maximum absolute atomic E-state index is 9.83. The molecule has 33 heavy (non-hydrogen) atoms. The quantitative estimate of drug-likeness (QED) is 0.474. The predicted octanol–water partition coefficient (Wildman–Crippen LogP) is 2.26. The summed E-state index contributed by atoms with van der Waals surface area (Å²) in [7, 11) is 2.08. The van der Waals surface area contributed by atoms with Crippen molar-refractivity contribution < 1.29 is 4.74 Å².